The summed E-state index contributed by atoms with van der Waals surface area (Å²) >= 11 is 0. The average molecular weight is 521 g/mol. The van der Waals surface area contributed by atoms with Gasteiger partial charge in [0.2, 0.25) is 5.91 Å². The molecule has 1 amide bonds. The van der Waals surface area contributed by atoms with Crippen molar-refractivity contribution in [1.29, 1.82) is 0 Å². The number of primary amides is 1. The van der Waals surface area contributed by atoms with Crippen molar-refractivity contribution >= 4 is 23.3 Å². The molecule has 0 radical (unpaired) electrons. The molecule has 5 N–H and O–H groups in total. The number of aliphatic hydroxyl groups excluding tert-OH is 1. The number of aliphatic hydroxyl groups is 2. The molecule has 2 saturated carbocycles. The fourth-order valence-corrected chi connectivity index (χ4v) is 7.22. The molecule has 7 atom stereocenters. The molecule has 2 aromatic carbocycles. The fraction of sp³-hybridized carbons (Fsp3) is 0.448. The molecule has 3 aliphatic carbocycles. The van der Waals surface area contributed by atoms with E-state index in [2.05, 4.69) is 0 Å². The first-order valence-corrected chi connectivity index (χ1v) is 12.7. The van der Waals surface area contributed by atoms with Gasteiger partial charge < -0.3 is 26.0 Å². The monoisotopic (exact) mass is 520 g/mol. The van der Waals surface area contributed by atoms with Gasteiger partial charge in [0.15, 0.2) is 23.0 Å². The third-order valence-electron chi connectivity index (χ3n) is 8.71. The van der Waals surface area contributed by atoms with Crippen LogP contribution in [0, 0.1) is 37.5 Å². The highest BCUT2D eigenvalue weighted by atomic mass is 16.3. The number of fused-ring (bicyclic) bond motifs is 3. The van der Waals surface area contributed by atoms with Gasteiger partial charge in [-0.25, -0.2) is 0 Å². The Morgan fingerprint density at radius 3 is 2.26 bits per heavy atom. The summed E-state index contributed by atoms with van der Waals surface area (Å²) in [5.41, 5.74) is 7.08. The molecule has 38 heavy (non-hydrogen) atoms. The molecule has 2 aromatic rings. The lowest BCUT2D eigenvalue weighted by atomic mass is 9.52. The number of hydrogen-bond donors (Lipinski definition) is 4. The number of phenols is 1. The van der Waals surface area contributed by atoms with Gasteiger partial charge in [-0.1, -0.05) is 35.4 Å². The van der Waals surface area contributed by atoms with E-state index in [1.165, 1.54) is 6.07 Å². The Balaban J connectivity index is 1.66. The van der Waals surface area contributed by atoms with Gasteiger partial charge in [0.05, 0.1) is 17.6 Å². The lowest BCUT2D eigenvalue weighted by Crippen LogP contribution is -2.75. The van der Waals surface area contributed by atoms with Gasteiger partial charge in [-0.3, -0.25) is 19.2 Å². The summed E-state index contributed by atoms with van der Waals surface area (Å²) in [5, 5.41) is 33.4. The predicted octanol–water partition coefficient (Wildman–Crippen LogP) is 0.943. The maximum absolute atomic E-state index is 13.9. The summed E-state index contributed by atoms with van der Waals surface area (Å²) < 4.78 is 0. The van der Waals surface area contributed by atoms with Gasteiger partial charge in [0.1, 0.15) is 11.7 Å². The van der Waals surface area contributed by atoms with Crippen molar-refractivity contribution in [3.05, 3.63) is 52.6 Å². The zero-order chi connectivity index (χ0) is 27.8. The molecule has 9 nitrogen and oxygen atoms in total. The maximum Gasteiger partial charge on any atom is 0.230 e. The van der Waals surface area contributed by atoms with Crippen LogP contribution in [-0.4, -0.2) is 75.3 Å². The number of benzene rings is 2. The predicted molar refractivity (Wildman–Crippen MR) is 137 cm³/mol. The second kappa shape index (κ2) is 8.83. The first-order valence-electron chi connectivity index (χ1n) is 12.7. The molecule has 9 heteroatoms. The van der Waals surface area contributed by atoms with Crippen molar-refractivity contribution < 1.29 is 34.5 Å². The van der Waals surface area contributed by atoms with E-state index >= 15 is 0 Å². The molecule has 3 aliphatic rings. The van der Waals surface area contributed by atoms with E-state index in [1.807, 2.05) is 32.0 Å². The molecule has 0 aromatic heterocycles. The number of ketones is 3. The highest BCUT2D eigenvalue weighted by Gasteiger charge is 2.69. The largest absolute Gasteiger partial charge is 0.507 e. The normalized spacial score (nSPS) is 32.6. The first-order chi connectivity index (χ1) is 17.8. The smallest absolute Gasteiger partial charge is 0.230 e. The van der Waals surface area contributed by atoms with E-state index in [9.17, 15) is 34.5 Å². The molecule has 0 aliphatic heterocycles. The van der Waals surface area contributed by atoms with Crippen LogP contribution in [0.1, 0.15) is 33.5 Å². The summed E-state index contributed by atoms with van der Waals surface area (Å²) in [4.78, 5) is 54.9. The number of rotatable bonds is 3. The Labute approximate surface area is 220 Å². The minimum absolute atomic E-state index is 0.0113. The maximum atomic E-state index is 13.9. The number of aromatic hydroxyl groups is 1. The highest BCUT2D eigenvalue weighted by molar-refractivity contribution is 6.25. The third kappa shape index (κ3) is 3.56. The van der Waals surface area contributed by atoms with Crippen LogP contribution in [0.3, 0.4) is 0 Å². The average Bonchev–Trinajstić information content (AvgIpc) is 2.80. The summed E-state index contributed by atoms with van der Waals surface area (Å²) in [6.07, 6.45) is -1.19. The van der Waals surface area contributed by atoms with Gasteiger partial charge in [-0.2, -0.15) is 0 Å². The number of phenolic OH excluding ortho intramolecular Hbond substituents is 1. The number of Topliss-reactive ketones (excluding diaryl/α,β-unsaturated/α-hetero) is 3. The van der Waals surface area contributed by atoms with E-state index in [1.54, 1.807) is 25.1 Å². The standard InChI is InChI=1S/C29H32N2O7/c1-12-7-13(2)9-14(8-12)16-5-6-19(32)21-17(16)10-15-11-18-23(31(3)4)25(34)22(28(30)37)27(36)29(18,38)26(35)20(15)24(21)33/h5-9,15,18,20,22-23,25,32,34,38H,10-11H2,1-4H3,(H2,30,37)/t15-,18-,20?,22?,23-,25?,29-/m1/s1. The molecule has 0 heterocycles. The minimum Gasteiger partial charge on any atom is -0.507 e. The van der Waals surface area contributed by atoms with E-state index in [0.717, 1.165) is 22.3 Å². The Bertz CT molecular complexity index is 1380. The Morgan fingerprint density at radius 2 is 1.68 bits per heavy atom. The lowest BCUT2D eigenvalue weighted by Gasteiger charge is -2.54. The van der Waals surface area contributed by atoms with Gasteiger partial charge >= 0.3 is 0 Å². The number of carbonyl (C=O) groups excluding carboxylic acids is 4. The lowest BCUT2D eigenvalue weighted by molar-refractivity contribution is -0.190. The number of likely N-dealkylation sites (N-methyl/N-ethyl adjacent to an activating group) is 1. The number of carbonyl (C=O) groups is 4. The second-order valence-corrected chi connectivity index (χ2v) is 11.3. The Morgan fingerprint density at radius 1 is 1.05 bits per heavy atom. The van der Waals surface area contributed by atoms with Gasteiger partial charge in [-0.05, 0) is 69.5 Å². The van der Waals surface area contributed by atoms with Gasteiger partial charge in [0, 0.05) is 12.0 Å². The van der Waals surface area contributed by atoms with Gasteiger partial charge in [0.25, 0.3) is 0 Å². The SMILES string of the molecule is Cc1cc(C)cc(-c2ccc(O)c3c2C[C@@H]2C[C@@H]4[C@@H](N(C)C)C(O)C(C(N)=O)C(=O)[C@]4(O)C(=O)C2C3=O)c1. The first kappa shape index (κ1) is 26.2. The quantitative estimate of drug-likeness (QED) is 0.436. The molecule has 3 unspecified atom stereocenters. The van der Waals surface area contributed by atoms with Crippen LogP contribution in [0.4, 0.5) is 0 Å². The van der Waals surface area contributed by atoms with Crippen molar-refractivity contribution in [3.63, 3.8) is 0 Å². The molecular formula is C29H32N2O7. The zero-order valence-electron chi connectivity index (χ0n) is 21.8. The zero-order valence-corrected chi connectivity index (χ0v) is 21.8. The molecule has 0 bridgehead atoms. The van der Waals surface area contributed by atoms with Crippen LogP contribution in [0.2, 0.25) is 0 Å². The Hall–Kier alpha value is -3.40. The molecule has 0 spiro atoms. The van der Waals surface area contributed by atoms with Crippen LogP contribution in [-0.2, 0) is 20.8 Å². The number of aryl methyl sites for hydroxylation is 2. The topological polar surface area (TPSA) is 158 Å². The molecule has 5 rings (SSSR count). The van der Waals surface area contributed by atoms with Crippen molar-refractivity contribution in [2.75, 3.05) is 14.1 Å². The highest BCUT2D eigenvalue weighted by Crippen LogP contribution is 2.52. The molecule has 0 saturated heterocycles. The summed E-state index contributed by atoms with van der Waals surface area (Å²) in [6, 6.07) is 8.25. The van der Waals surface area contributed by atoms with E-state index in [-0.39, 0.29) is 24.2 Å². The number of amides is 1. The summed E-state index contributed by atoms with van der Waals surface area (Å²) in [7, 11) is 3.24. The molecule has 2 fully saturated rings. The number of nitrogens with zero attached hydrogens (tertiary/aromatic N) is 1. The van der Waals surface area contributed by atoms with Crippen LogP contribution < -0.4 is 5.73 Å². The van der Waals surface area contributed by atoms with E-state index in [4.69, 9.17) is 5.73 Å². The van der Waals surface area contributed by atoms with Crippen molar-refractivity contribution in [1.82, 2.24) is 4.90 Å². The van der Waals surface area contributed by atoms with Crippen LogP contribution >= 0.6 is 0 Å². The van der Waals surface area contributed by atoms with Crippen LogP contribution in [0.25, 0.3) is 11.1 Å². The van der Waals surface area contributed by atoms with Crippen LogP contribution in [0.15, 0.2) is 30.3 Å². The minimum atomic E-state index is -2.66. The summed E-state index contributed by atoms with van der Waals surface area (Å²) in [6.45, 7) is 3.94. The van der Waals surface area contributed by atoms with Gasteiger partial charge in [-0.15, -0.1) is 0 Å². The van der Waals surface area contributed by atoms with E-state index in [0.29, 0.717) is 5.56 Å². The summed E-state index contributed by atoms with van der Waals surface area (Å²) in [5.74, 6) is -9.05. The van der Waals surface area contributed by atoms with Crippen molar-refractivity contribution in [2.24, 2.45) is 29.4 Å². The number of hydrogen-bond acceptors (Lipinski definition) is 8. The fourth-order valence-electron chi connectivity index (χ4n) is 7.22. The third-order valence-corrected chi connectivity index (χ3v) is 8.71. The van der Waals surface area contributed by atoms with Crippen molar-refractivity contribution in [2.45, 2.75) is 44.4 Å². The van der Waals surface area contributed by atoms with E-state index < -0.39 is 64.7 Å². The second-order valence-electron chi connectivity index (χ2n) is 11.3. The molecule has 200 valence electrons. The Kier molecular flexibility index (Phi) is 6.09. The van der Waals surface area contributed by atoms with Crippen LogP contribution in [0.5, 0.6) is 5.75 Å². The van der Waals surface area contributed by atoms with Crippen molar-refractivity contribution in [3.8, 4) is 16.9 Å². The molecular weight excluding hydrogens is 488 g/mol. The number of nitrogens with two attached hydrogens (primary N) is 1.